The van der Waals surface area contributed by atoms with Crippen LogP contribution in [0.2, 0.25) is 0 Å². The van der Waals surface area contributed by atoms with Crippen LogP contribution >= 0.6 is 0 Å². The van der Waals surface area contributed by atoms with E-state index in [0.29, 0.717) is 58.1 Å². The number of imidazole rings is 2. The average Bonchev–Trinajstić information content (AvgIpc) is 3.96. The van der Waals surface area contributed by atoms with Crippen LogP contribution in [-0.2, 0) is 32.8 Å². The molecule has 6 aromatic heterocycles. The van der Waals surface area contributed by atoms with E-state index in [1.807, 2.05) is 26.0 Å². The van der Waals surface area contributed by atoms with Gasteiger partial charge in [-0.3, -0.25) is 48.7 Å². The van der Waals surface area contributed by atoms with E-state index in [9.17, 15) is 19.2 Å². The number of allylic oxidation sites excluding steroid dienone is 2. The van der Waals surface area contributed by atoms with Crippen molar-refractivity contribution < 1.29 is 23.9 Å². The quantitative estimate of drug-likeness (QED) is 0.0934. The van der Waals surface area contributed by atoms with Crippen LogP contribution in [0.4, 0.5) is 17.6 Å². The van der Waals surface area contributed by atoms with E-state index in [4.69, 9.17) is 26.9 Å². The summed E-state index contributed by atoms with van der Waals surface area (Å²) in [5, 5.41) is 14.5. The molecule has 59 heavy (non-hydrogen) atoms. The molecule has 8 N–H and O–H groups in total. The highest BCUT2D eigenvalue weighted by Crippen LogP contribution is 2.32. The topological polar surface area (TPSA) is 277 Å². The van der Waals surface area contributed by atoms with Crippen molar-refractivity contribution in [3.63, 3.8) is 0 Å². The van der Waals surface area contributed by atoms with Gasteiger partial charge in [0.25, 0.3) is 11.8 Å². The average molecular weight is 800 g/mol. The Balaban J connectivity index is 1.27. The lowest BCUT2D eigenvalue weighted by Crippen LogP contribution is -2.21. The van der Waals surface area contributed by atoms with Gasteiger partial charge in [0.2, 0.25) is 23.7 Å². The summed E-state index contributed by atoms with van der Waals surface area (Å²) < 4.78 is 12.7. The van der Waals surface area contributed by atoms with Crippen molar-refractivity contribution in [3.8, 4) is 5.75 Å². The van der Waals surface area contributed by atoms with Crippen molar-refractivity contribution >= 4 is 63.4 Å². The van der Waals surface area contributed by atoms with E-state index in [1.54, 1.807) is 58.1 Å². The van der Waals surface area contributed by atoms with Crippen LogP contribution in [0.1, 0.15) is 72.6 Å². The number of fused-ring (bicyclic) bond motifs is 2. The van der Waals surface area contributed by atoms with Gasteiger partial charge in [0, 0.05) is 44.1 Å². The lowest BCUT2D eigenvalue weighted by molar-refractivity contribution is 0.0991. The van der Waals surface area contributed by atoms with Crippen LogP contribution < -0.4 is 32.6 Å². The van der Waals surface area contributed by atoms with Crippen molar-refractivity contribution in [3.05, 3.63) is 107 Å². The van der Waals surface area contributed by atoms with Crippen molar-refractivity contribution in [2.45, 2.75) is 60.5 Å². The molecule has 20 heteroatoms. The number of amides is 4. The Labute approximate surface area is 336 Å². The minimum absolute atomic E-state index is 0.0623. The number of nitrogen functional groups attached to an aromatic ring is 1. The molecule has 0 atom stereocenters. The number of nitrogens with two attached hydrogens (primary N) is 3. The predicted octanol–water partition coefficient (Wildman–Crippen LogP) is 3.35. The standard InChI is InChI=1S/C39H41N15O5/c1-5-53-28(15-21(3)49-53)36(57)47-38-45-26-16-23(33(41)55)18-29(59-20-25-11-7-8-12-43-25)31(26)51(38)13-9-10-14-52-35-27(17-24(19-44-35)34(42)56)46-39(52)48-37(58)32-30(40)22(4)50-54(32)6-2/h7-12,15-19H,5-6,13-14,20,40H2,1-4H3,(H2,41,55)(H2,42,56)(H,45,47,57)(H,46,48,58)/b10-9+. The molecule has 7 aromatic rings. The fraction of sp³-hybridized carbons (Fsp3) is 0.231. The number of carbonyl (C=O) groups excluding carboxylic acids is 4. The van der Waals surface area contributed by atoms with Gasteiger partial charge >= 0.3 is 0 Å². The van der Waals surface area contributed by atoms with Gasteiger partial charge in [-0.25, -0.2) is 15.0 Å². The molecule has 302 valence electrons. The van der Waals surface area contributed by atoms with Crippen molar-refractivity contribution in [1.29, 1.82) is 0 Å². The second kappa shape index (κ2) is 16.3. The maximum Gasteiger partial charge on any atom is 0.278 e. The van der Waals surface area contributed by atoms with E-state index < -0.39 is 23.6 Å². The van der Waals surface area contributed by atoms with Crippen LogP contribution in [-0.4, -0.2) is 72.3 Å². The summed E-state index contributed by atoms with van der Waals surface area (Å²) in [7, 11) is 0. The van der Waals surface area contributed by atoms with E-state index in [-0.39, 0.29) is 59.9 Å². The van der Waals surface area contributed by atoms with Crippen LogP contribution in [0, 0.1) is 13.8 Å². The number of pyridine rings is 2. The minimum atomic E-state index is -0.694. The number of ether oxygens (including phenoxy) is 1. The number of rotatable bonds is 15. The van der Waals surface area contributed by atoms with Crippen LogP contribution in [0.5, 0.6) is 5.75 Å². The van der Waals surface area contributed by atoms with Gasteiger partial charge in [0.15, 0.2) is 5.65 Å². The lowest BCUT2D eigenvalue weighted by atomic mass is 10.1. The van der Waals surface area contributed by atoms with Gasteiger partial charge in [-0.1, -0.05) is 18.2 Å². The number of nitrogens with zero attached hydrogens (tertiary/aromatic N) is 10. The van der Waals surface area contributed by atoms with Crippen molar-refractivity contribution in [2.75, 3.05) is 16.4 Å². The van der Waals surface area contributed by atoms with E-state index >= 15 is 0 Å². The van der Waals surface area contributed by atoms with Gasteiger partial charge < -0.3 is 26.5 Å². The largest absolute Gasteiger partial charge is 0.485 e. The molecule has 0 aliphatic carbocycles. The first-order chi connectivity index (χ1) is 28.4. The van der Waals surface area contributed by atoms with Crippen molar-refractivity contribution in [2.24, 2.45) is 11.5 Å². The molecule has 0 fully saturated rings. The fourth-order valence-electron chi connectivity index (χ4n) is 6.52. The van der Waals surface area contributed by atoms with Crippen molar-refractivity contribution in [1.82, 2.24) is 48.6 Å². The zero-order valence-corrected chi connectivity index (χ0v) is 32.6. The smallest absolute Gasteiger partial charge is 0.278 e. The first kappa shape index (κ1) is 39.3. The zero-order valence-electron chi connectivity index (χ0n) is 32.6. The Kier molecular flexibility index (Phi) is 10.9. The van der Waals surface area contributed by atoms with E-state index in [0.717, 1.165) is 0 Å². The molecule has 4 amide bonds. The molecular weight excluding hydrogens is 759 g/mol. The van der Waals surface area contributed by atoms with Crippen LogP contribution in [0.25, 0.3) is 22.2 Å². The summed E-state index contributed by atoms with van der Waals surface area (Å²) in [6.07, 6.45) is 6.58. The van der Waals surface area contributed by atoms with E-state index in [1.165, 1.54) is 29.1 Å². The number of anilines is 3. The first-order valence-corrected chi connectivity index (χ1v) is 18.5. The maximum atomic E-state index is 13.7. The summed E-state index contributed by atoms with van der Waals surface area (Å²) in [5.74, 6) is -1.82. The Bertz CT molecular complexity index is 2800. The highest BCUT2D eigenvalue weighted by molar-refractivity contribution is 6.07. The molecule has 20 nitrogen and oxygen atoms in total. The van der Waals surface area contributed by atoms with Gasteiger partial charge in [-0.2, -0.15) is 10.2 Å². The molecule has 0 saturated carbocycles. The first-order valence-electron chi connectivity index (χ1n) is 18.5. The molecule has 6 heterocycles. The zero-order chi connectivity index (χ0) is 42.0. The predicted molar refractivity (Wildman–Crippen MR) is 218 cm³/mol. The summed E-state index contributed by atoms with van der Waals surface area (Å²) >= 11 is 0. The molecular formula is C39H41N15O5. The molecule has 0 radical (unpaired) electrons. The fourth-order valence-corrected chi connectivity index (χ4v) is 6.52. The second-order valence-corrected chi connectivity index (χ2v) is 13.4. The SMILES string of the molecule is CCn1nc(C)cc1C(=O)Nc1nc2cc(C(N)=O)cc(OCc3ccccn3)c2n1C/C=C/Cn1c(NC(=O)c2c(N)c(C)nn2CC)nc2cc(C(N)=O)cnc21. The van der Waals surface area contributed by atoms with Gasteiger partial charge in [-0.05, 0) is 64.1 Å². The number of aryl methyl sites for hydroxylation is 4. The van der Waals surface area contributed by atoms with E-state index in [2.05, 4.69) is 35.8 Å². The lowest BCUT2D eigenvalue weighted by Gasteiger charge is -2.13. The number of primary amides is 2. The normalized spacial score (nSPS) is 11.5. The molecule has 0 bridgehead atoms. The highest BCUT2D eigenvalue weighted by atomic mass is 16.5. The molecule has 1 aromatic carbocycles. The van der Waals surface area contributed by atoms with Gasteiger partial charge in [-0.15, -0.1) is 0 Å². The summed E-state index contributed by atoms with van der Waals surface area (Å²) in [5.41, 5.74) is 21.8. The number of aromatic nitrogens is 10. The Morgan fingerprint density at radius 2 is 1.47 bits per heavy atom. The number of carbonyl (C=O) groups is 4. The number of nitrogens with one attached hydrogen (secondary N) is 2. The van der Waals surface area contributed by atoms with Crippen LogP contribution in [0.3, 0.4) is 0 Å². The molecule has 0 aliphatic rings. The van der Waals surface area contributed by atoms with Gasteiger partial charge in [0.1, 0.15) is 34.8 Å². The molecule has 0 saturated heterocycles. The molecule has 0 unspecified atom stereocenters. The third kappa shape index (κ3) is 7.90. The van der Waals surface area contributed by atoms with Crippen LogP contribution in [0.15, 0.2) is 67.0 Å². The third-order valence-corrected chi connectivity index (χ3v) is 9.38. The summed E-state index contributed by atoms with van der Waals surface area (Å²) in [6, 6.07) is 11.6. The molecule has 0 spiro atoms. The second-order valence-electron chi connectivity index (χ2n) is 13.4. The molecule has 7 rings (SSSR count). The maximum absolute atomic E-state index is 13.7. The Morgan fingerprint density at radius 3 is 2.17 bits per heavy atom. The number of hydrogen-bond acceptors (Lipinski definition) is 12. The van der Waals surface area contributed by atoms with Gasteiger partial charge in [0.05, 0.1) is 33.8 Å². The molecule has 0 aliphatic heterocycles. The number of benzene rings is 1. The Morgan fingerprint density at radius 1 is 0.797 bits per heavy atom. The number of hydrogen-bond donors (Lipinski definition) is 5. The minimum Gasteiger partial charge on any atom is -0.485 e. The third-order valence-electron chi connectivity index (χ3n) is 9.38. The highest BCUT2D eigenvalue weighted by Gasteiger charge is 2.24. The monoisotopic (exact) mass is 799 g/mol. The summed E-state index contributed by atoms with van der Waals surface area (Å²) in [4.78, 5) is 69.9. The Hall–Kier alpha value is -7.90. The summed E-state index contributed by atoms with van der Waals surface area (Å²) in [6.45, 7) is 8.41.